The molecule has 0 unspecified atom stereocenters. The van der Waals surface area contributed by atoms with Gasteiger partial charge in [-0.25, -0.2) is 0 Å². The summed E-state index contributed by atoms with van der Waals surface area (Å²) >= 11 is 9.43. The van der Waals surface area contributed by atoms with Gasteiger partial charge < -0.3 is 5.73 Å². The average Bonchev–Trinajstić information content (AvgIpc) is 2.90. The fourth-order valence-electron chi connectivity index (χ4n) is 2.06. The van der Waals surface area contributed by atoms with E-state index in [1.165, 1.54) is 0 Å². The number of aryl methyl sites for hydroxylation is 1. The van der Waals surface area contributed by atoms with E-state index < -0.39 is 0 Å². The summed E-state index contributed by atoms with van der Waals surface area (Å²) in [7, 11) is 0. The minimum absolute atomic E-state index is 0.495. The largest absolute Gasteiger partial charge is 0.398 e. The van der Waals surface area contributed by atoms with Gasteiger partial charge in [-0.3, -0.25) is 0 Å². The van der Waals surface area contributed by atoms with Gasteiger partial charge in [-0.05, 0) is 59.3 Å². The molecule has 5 nitrogen and oxygen atoms in total. The van der Waals surface area contributed by atoms with Gasteiger partial charge in [0.15, 0.2) is 5.82 Å². The predicted octanol–water partition coefficient (Wildman–Crippen LogP) is 3.64. The highest BCUT2D eigenvalue weighted by molar-refractivity contribution is 9.10. The van der Waals surface area contributed by atoms with Gasteiger partial charge in [0.25, 0.3) is 0 Å². The maximum absolute atomic E-state index is 5.95. The summed E-state index contributed by atoms with van der Waals surface area (Å²) in [5.74, 6) is 0.607. The Kier molecular flexibility index (Phi) is 3.65. The van der Waals surface area contributed by atoms with Crippen LogP contribution in [0.5, 0.6) is 0 Å². The van der Waals surface area contributed by atoms with Crippen LogP contribution >= 0.6 is 27.5 Å². The summed E-state index contributed by atoms with van der Waals surface area (Å²) in [6.07, 6.45) is 0. The van der Waals surface area contributed by atoms with E-state index in [4.69, 9.17) is 17.3 Å². The van der Waals surface area contributed by atoms with Crippen LogP contribution in [0.2, 0.25) is 5.02 Å². The summed E-state index contributed by atoms with van der Waals surface area (Å²) < 4.78 is 2.63. The molecule has 0 aliphatic carbocycles. The Labute approximate surface area is 134 Å². The molecule has 0 spiro atoms. The second kappa shape index (κ2) is 5.46. The van der Waals surface area contributed by atoms with Crippen LogP contribution in [0.15, 0.2) is 40.9 Å². The zero-order chi connectivity index (χ0) is 15.0. The molecule has 2 N–H and O–H groups in total. The average molecular weight is 365 g/mol. The fourth-order valence-corrected chi connectivity index (χ4v) is 2.78. The Balaban J connectivity index is 2.14. The third-order valence-electron chi connectivity index (χ3n) is 3.00. The highest BCUT2D eigenvalue weighted by Gasteiger charge is 2.12. The van der Waals surface area contributed by atoms with Crippen molar-refractivity contribution in [3.63, 3.8) is 0 Å². The van der Waals surface area contributed by atoms with Crippen molar-refractivity contribution < 1.29 is 0 Å². The number of tetrazole rings is 1. The van der Waals surface area contributed by atoms with Gasteiger partial charge in [0.05, 0.1) is 16.4 Å². The third-order valence-corrected chi connectivity index (χ3v) is 3.80. The quantitative estimate of drug-likeness (QED) is 0.705. The Hall–Kier alpha value is -1.92. The zero-order valence-electron chi connectivity index (χ0n) is 11.1. The Bertz CT molecular complexity index is 795. The Morgan fingerprint density at radius 2 is 2.00 bits per heavy atom. The molecule has 0 fully saturated rings. The maximum Gasteiger partial charge on any atom is 0.187 e. The van der Waals surface area contributed by atoms with Crippen molar-refractivity contribution in [3.8, 4) is 17.1 Å². The topological polar surface area (TPSA) is 69.6 Å². The zero-order valence-corrected chi connectivity index (χ0v) is 13.4. The van der Waals surface area contributed by atoms with Crippen LogP contribution in [0.4, 0.5) is 5.69 Å². The van der Waals surface area contributed by atoms with Gasteiger partial charge in [-0.15, -0.1) is 5.10 Å². The van der Waals surface area contributed by atoms with Gasteiger partial charge in [-0.2, -0.15) is 4.68 Å². The summed E-state index contributed by atoms with van der Waals surface area (Å²) in [5, 5.41) is 12.4. The molecule has 1 heterocycles. The van der Waals surface area contributed by atoms with Crippen molar-refractivity contribution in [2.24, 2.45) is 0 Å². The molecule has 0 amide bonds. The van der Waals surface area contributed by atoms with Gasteiger partial charge in [-0.1, -0.05) is 27.5 Å². The molecule has 0 saturated carbocycles. The highest BCUT2D eigenvalue weighted by atomic mass is 79.9. The molecule has 1 aromatic heterocycles. The van der Waals surface area contributed by atoms with Crippen molar-refractivity contribution in [3.05, 3.63) is 51.5 Å². The first kappa shape index (κ1) is 14.0. The van der Waals surface area contributed by atoms with E-state index in [0.29, 0.717) is 16.5 Å². The summed E-state index contributed by atoms with van der Waals surface area (Å²) in [6, 6.07) is 11.3. The van der Waals surface area contributed by atoms with E-state index >= 15 is 0 Å². The summed E-state index contributed by atoms with van der Waals surface area (Å²) in [4.78, 5) is 0. The first-order chi connectivity index (χ1) is 10.0. The number of nitrogens with zero attached hydrogens (tertiary/aromatic N) is 4. The first-order valence-electron chi connectivity index (χ1n) is 6.16. The van der Waals surface area contributed by atoms with Crippen LogP contribution in [-0.2, 0) is 0 Å². The molecule has 0 aliphatic heterocycles. The summed E-state index contributed by atoms with van der Waals surface area (Å²) in [5.41, 5.74) is 9.12. The van der Waals surface area contributed by atoms with E-state index in [1.54, 1.807) is 16.8 Å². The van der Waals surface area contributed by atoms with Crippen molar-refractivity contribution in [2.75, 3.05) is 5.73 Å². The van der Waals surface area contributed by atoms with Crippen molar-refractivity contribution in [1.29, 1.82) is 0 Å². The Morgan fingerprint density at radius 1 is 1.19 bits per heavy atom. The van der Waals surface area contributed by atoms with E-state index in [1.807, 2.05) is 31.2 Å². The monoisotopic (exact) mass is 363 g/mol. The lowest BCUT2D eigenvalue weighted by atomic mass is 10.1. The number of aromatic nitrogens is 4. The second-order valence-corrected chi connectivity index (χ2v) is 5.96. The lowest BCUT2D eigenvalue weighted by Gasteiger charge is -2.07. The van der Waals surface area contributed by atoms with Crippen molar-refractivity contribution in [1.82, 2.24) is 20.2 Å². The first-order valence-corrected chi connectivity index (χ1v) is 7.33. The molecular weight excluding hydrogens is 354 g/mol. The normalized spacial score (nSPS) is 10.8. The SMILES string of the molecule is Cc1cc(Br)cc(-n2nnnc2-c2ccc(Cl)c(N)c2)c1. The van der Waals surface area contributed by atoms with Gasteiger partial charge in [0.2, 0.25) is 0 Å². The highest BCUT2D eigenvalue weighted by Crippen LogP contribution is 2.27. The molecule has 21 heavy (non-hydrogen) atoms. The number of anilines is 1. The van der Waals surface area contributed by atoms with Crippen LogP contribution in [0.25, 0.3) is 17.1 Å². The molecule has 0 bridgehead atoms. The summed E-state index contributed by atoms with van der Waals surface area (Å²) in [6.45, 7) is 2.01. The minimum atomic E-state index is 0.495. The number of hydrogen-bond donors (Lipinski definition) is 1. The lowest BCUT2D eigenvalue weighted by Crippen LogP contribution is -2.01. The number of nitrogen functional groups attached to an aromatic ring is 1. The molecular formula is C14H11BrClN5. The molecule has 3 aromatic rings. The van der Waals surface area contributed by atoms with E-state index in [-0.39, 0.29) is 0 Å². The number of benzene rings is 2. The number of rotatable bonds is 2. The predicted molar refractivity (Wildman–Crippen MR) is 86.4 cm³/mol. The second-order valence-electron chi connectivity index (χ2n) is 4.64. The van der Waals surface area contributed by atoms with Crippen LogP contribution in [0.3, 0.4) is 0 Å². The van der Waals surface area contributed by atoms with Gasteiger partial charge in [0, 0.05) is 10.0 Å². The molecule has 0 aliphatic rings. The minimum Gasteiger partial charge on any atom is -0.398 e. The fraction of sp³-hybridized carbons (Fsp3) is 0.0714. The van der Waals surface area contributed by atoms with E-state index in [2.05, 4.69) is 31.5 Å². The Morgan fingerprint density at radius 3 is 2.71 bits per heavy atom. The van der Waals surface area contributed by atoms with Crippen LogP contribution in [0, 0.1) is 6.92 Å². The van der Waals surface area contributed by atoms with E-state index in [0.717, 1.165) is 21.3 Å². The molecule has 7 heteroatoms. The van der Waals surface area contributed by atoms with Crippen LogP contribution in [0.1, 0.15) is 5.56 Å². The van der Waals surface area contributed by atoms with Crippen LogP contribution < -0.4 is 5.73 Å². The molecule has 3 rings (SSSR count). The number of nitrogens with two attached hydrogens (primary N) is 1. The maximum atomic E-state index is 5.95. The van der Waals surface area contributed by atoms with Gasteiger partial charge in [0.1, 0.15) is 0 Å². The lowest BCUT2D eigenvalue weighted by molar-refractivity contribution is 0.790. The molecule has 0 radical (unpaired) electrons. The smallest absolute Gasteiger partial charge is 0.187 e. The van der Waals surface area contributed by atoms with E-state index in [9.17, 15) is 0 Å². The standard InChI is InChI=1S/C14H11BrClN5/c1-8-4-10(15)7-11(5-8)21-14(18-19-20-21)9-2-3-12(16)13(17)6-9/h2-7H,17H2,1H3. The van der Waals surface area contributed by atoms with Crippen molar-refractivity contribution >= 4 is 33.2 Å². The molecule has 0 atom stereocenters. The van der Waals surface area contributed by atoms with Gasteiger partial charge >= 0.3 is 0 Å². The number of halogens is 2. The van der Waals surface area contributed by atoms with Crippen molar-refractivity contribution in [2.45, 2.75) is 6.92 Å². The molecule has 2 aromatic carbocycles. The molecule has 106 valence electrons. The van der Waals surface area contributed by atoms with Crippen LogP contribution in [-0.4, -0.2) is 20.2 Å². The molecule has 0 saturated heterocycles. The third kappa shape index (κ3) is 2.77. The number of hydrogen-bond acceptors (Lipinski definition) is 4.